The van der Waals surface area contributed by atoms with Crippen molar-refractivity contribution in [2.45, 2.75) is 19.5 Å². The molecule has 0 aliphatic carbocycles. The molecule has 3 aromatic rings. The van der Waals surface area contributed by atoms with Gasteiger partial charge in [-0.25, -0.2) is 4.39 Å². The Morgan fingerprint density at radius 1 is 1.00 bits per heavy atom. The third-order valence-electron chi connectivity index (χ3n) is 6.07. The smallest absolute Gasteiger partial charge is 0.259 e. The Kier molecular flexibility index (Phi) is 6.20. The fourth-order valence-corrected chi connectivity index (χ4v) is 4.27. The summed E-state index contributed by atoms with van der Waals surface area (Å²) < 4.78 is 15.3. The van der Waals surface area contributed by atoms with Crippen molar-refractivity contribution in [3.05, 3.63) is 99.2 Å². The number of benzene rings is 2. The van der Waals surface area contributed by atoms with Crippen molar-refractivity contribution in [2.75, 3.05) is 33.2 Å². The number of nitrogens with zero attached hydrogens (tertiary/aromatic N) is 3. The molecule has 1 atom stereocenters. The molecule has 1 fully saturated rings. The van der Waals surface area contributed by atoms with Gasteiger partial charge >= 0.3 is 0 Å². The van der Waals surface area contributed by atoms with Crippen LogP contribution in [-0.2, 0) is 6.54 Å². The summed E-state index contributed by atoms with van der Waals surface area (Å²) in [4.78, 5) is 18.1. The summed E-state index contributed by atoms with van der Waals surface area (Å²) in [7, 11) is 2.07. The summed E-state index contributed by atoms with van der Waals surface area (Å²) in [5, 5.41) is 10.9. The molecular formula is C25H28FN3O2. The zero-order chi connectivity index (χ0) is 22.0. The van der Waals surface area contributed by atoms with Crippen LogP contribution in [0.2, 0.25) is 0 Å². The SMILES string of the molecule is Cc1cc(O)c([C@H](c2ccc(F)cc2)N2CCN(C)CC2)c(=O)n1Cc1ccccc1. The number of pyridine rings is 1. The van der Waals surface area contributed by atoms with Gasteiger partial charge in [0.05, 0.1) is 18.2 Å². The lowest BCUT2D eigenvalue weighted by molar-refractivity contribution is 0.125. The van der Waals surface area contributed by atoms with Crippen LogP contribution < -0.4 is 5.56 Å². The zero-order valence-corrected chi connectivity index (χ0v) is 18.0. The van der Waals surface area contributed by atoms with Crippen molar-refractivity contribution >= 4 is 0 Å². The first-order valence-electron chi connectivity index (χ1n) is 10.6. The van der Waals surface area contributed by atoms with Crippen LogP contribution in [0, 0.1) is 12.7 Å². The summed E-state index contributed by atoms with van der Waals surface area (Å²) in [6.07, 6.45) is 0. The van der Waals surface area contributed by atoms with Crippen molar-refractivity contribution in [3.63, 3.8) is 0 Å². The van der Waals surface area contributed by atoms with Crippen LogP contribution in [0.25, 0.3) is 0 Å². The predicted octanol–water partition coefficient (Wildman–Crippen LogP) is 3.39. The number of halogens is 1. The molecule has 2 aromatic carbocycles. The standard InChI is InChI=1S/C25H28FN3O2/c1-18-16-22(30)23(25(31)29(18)17-19-6-4-3-5-7-19)24(20-8-10-21(26)11-9-20)28-14-12-27(2)13-15-28/h3-11,16,24,30H,12-15,17H2,1-2H3/t24-/m0/s1. The molecule has 6 heteroatoms. The first kappa shape index (κ1) is 21.3. The van der Waals surface area contributed by atoms with Gasteiger partial charge in [-0.3, -0.25) is 9.69 Å². The van der Waals surface area contributed by atoms with E-state index in [-0.39, 0.29) is 17.1 Å². The molecule has 2 heterocycles. The van der Waals surface area contributed by atoms with Crippen LogP contribution >= 0.6 is 0 Å². The molecule has 0 spiro atoms. The summed E-state index contributed by atoms with van der Waals surface area (Å²) >= 11 is 0. The first-order valence-corrected chi connectivity index (χ1v) is 10.6. The normalized spacial score (nSPS) is 16.4. The largest absolute Gasteiger partial charge is 0.507 e. The minimum Gasteiger partial charge on any atom is -0.507 e. The number of aromatic hydroxyl groups is 1. The van der Waals surface area contributed by atoms with Crippen LogP contribution in [0.15, 0.2) is 65.5 Å². The highest BCUT2D eigenvalue weighted by Gasteiger charge is 2.30. The van der Waals surface area contributed by atoms with E-state index in [9.17, 15) is 14.3 Å². The fraction of sp³-hybridized carbons (Fsp3) is 0.320. The molecule has 1 saturated heterocycles. The maximum absolute atomic E-state index is 13.7. The highest BCUT2D eigenvalue weighted by atomic mass is 19.1. The molecule has 0 saturated carbocycles. The Morgan fingerprint density at radius 3 is 2.29 bits per heavy atom. The van der Waals surface area contributed by atoms with E-state index in [1.54, 1.807) is 22.8 Å². The molecule has 1 N–H and O–H groups in total. The van der Waals surface area contributed by atoms with Gasteiger partial charge in [-0.05, 0) is 43.3 Å². The van der Waals surface area contributed by atoms with Crippen LogP contribution in [0.1, 0.15) is 28.4 Å². The first-order chi connectivity index (χ1) is 14.9. The van der Waals surface area contributed by atoms with Gasteiger partial charge in [0.25, 0.3) is 5.56 Å². The second-order valence-corrected chi connectivity index (χ2v) is 8.25. The van der Waals surface area contributed by atoms with Gasteiger partial charge in [0.15, 0.2) is 0 Å². The highest BCUT2D eigenvalue weighted by Crippen LogP contribution is 2.33. The Hall–Kier alpha value is -2.96. The van der Waals surface area contributed by atoms with Gasteiger partial charge in [-0.2, -0.15) is 0 Å². The van der Waals surface area contributed by atoms with E-state index < -0.39 is 6.04 Å². The molecule has 1 aliphatic heterocycles. The summed E-state index contributed by atoms with van der Waals surface area (Å²) in [5.41, 5.74) is 2.65. The number of likely N-dealkylation sites (N-methyl/N-ethyl adjacent to an activating group) is 1. The van der Waals surface area contributed by atoms with E-state index in [1.807, 2.05) is 37.3 Å². The predicted molar refractivity (Wildman–Crippen MR) is 120 cm³/mol. The molecular weight excluding hydrogens is 393 g/mol. The lowest BCUT2D eigenvalue weighted by atomic mass is 9.96. The van der Waals surface area contributed by atoms with Gasteiger partial charge in [-0.1, -0.05) is 42.5 Å². The van der Waals surface area contributed by atoms with Gasteiger partial charge < -0.3 is 14.6 Å². The molecule has 4 rings (SSSR count). The van der Waals surface area contributed by atoms with E-state index in [1.165, 1.54) is 12.1 Å². The van der Waals surface area contributed by atoms with E-state index in [0.29, 0.717) is 17.8 Å². The van der Waals surface area contributed by atoms with Gasteiger partial charge in [0.1, 0.15) is 11.6 Å². The van der Waals surface area contributed by atoms with Crippen LogP contribution in [0.5, 0.6) is 5.75 Å². The molecule has 1 aromatic heterocycles. The van der Waals surface area contributed by atoms with Crippen molar-refractivity contribution in [1.82, 2.24) is 14.4 Å². The monoisotopic (exact) mass is 421 g/mol. The highest BCUT2D eigenvalue weighted by molar-refractivity contribution is 5.41. The molecule has 5 nitrogen and oxygen atoms in total. The minimum absolute atomic E-state index is 0.0138. The molecule has 31 heavy (non-hydrogen) atoms. The Bertz CT molecular complexity index is 1090. The van der Waals surface area contributed by atoms with E-state index in [0.717, 1.165) is 37.3 Å². The molecule has 0 radical (unpaired) electrons. The van der Waals surface area contributed by atoms with E-state index in [2.05, 4.69) is 16.8 Å². The Balaban J connectivity index is 1.83. The number of hydrogen-bond donors (Lipinski definition) is 1. The number of piperazine rings is 1. The fourth-order valence-electron chi connectivity index (χ4n) is 4.27. The summed E-state index contributed by atoms with van der Waals surface area (Å²) in [6.45, 7) is 5.49. The molecule has 0 amide bonds. The Labute approximate surface area is 182 Å². The number of hydrogen-bond acceptors (Lipinski definition) is 4. The van der Waals surface area contributed by atoms with Gasteiger partial charge in [-0.15, -0.1) is 0 Å². The molecule has 0 unspecified atom stereocenters. The van der Waals surface area contributed by atoms with Crippen molar-refractivity contribution in [3.8, 4) is 5.75 Å². The van der Waals surface area contributed by atoms with Gasteiger partial charge in [0, 0.05) is 31.9 Å². The van der Waals surface area contributed by atoms with Crippen molar-refractivity contribution in [2.24, 2.45) is 0 Å². The number of rotatable bonds is 5. The van der Waals surface area contributed by atoms with Crippen molar-refractivity contribution in [1.29, 1.82) is 0 Å². The topological polar surface area (TPSA) is 48.7 Å². The maximum atomic E-state index is 13.7. The molecule has 0 bridgehead atoms. The summed E-state index contributed by atoms with van der Waals surface area (Å²) in [6, 6.07) is 17.3. The number of aromatic nitrogens is 1. The third-order valence-corrected chi connectivity index (χ3v) is 6.07. The average molecular weight is 422 g/mol. The van der Waals surface area contributed by atoms with E-state index in [4.69, 9.17) is 0 Å². The quantitative estimate of drug-likeness (QED) is 0.686. The van der Waals surface area contributed by atoms with Crippen molar-refractivity contribution < 1.29 is 9.50 Å². The third kappa shape index (κ3) is 4.55. The Morgan fingerprint density at radius 2 is 1.65 bits per heavy atom. The molecule has 1 aliphatic rings. The van der Waals surface area contributed by atoms with Crippen LogP contribution in [0.3, 0.4) is 0 Å². The van der Waals surface area contributed by atoms with Crippen LogP contribution in [-0.4, -0.2) is 52.7 Å². The minimum atomic E-state index is -0.440. The van der Waals surface area contributed by atoms with E-state index >= 15 is 0 Å². The second-order valence-electron chi connectivity index (χ2n) is 8.25. The zero-order valence-electron chi connectivity index (χ0n) is 18.0. The second kappa shape index (κ2) is 9.04. The molecule has 162 valence electrons. The van der Waals surface area contributed by atoms with Crippen LogP contribution in [0.4, 0.5) is 4.39 Å². The summed E-state index contributed by atoms with van der Waals surface area (Å²) in [5.74, 6) is -0.337. The average Bonchev–Trinajstić information content (AvgIpc) is 2.76. The van der Waals surface area contributed by atoms with Gasteiger partial charge in [0.2, 0.25) is 0 Å². The lowest BCUT2D eigenvalue weighted by Gasteiger charge is -2.38. The lowest BCUT2D eigenvalue weighted by Crippen LogP contribution is -2.47. The number of aryl methyl sites for hydroxylation is 1. The maximum Gasteiger partial charge on any atom is 0.259 e.